The Morgan fingerprint density at radius 3 is 2.76 bits per heavy atom. The first-order valence-electron chi connectivity index (χ1n) is 6.60. The molecule has 0 aromatic heterocycles. The number of carbonyl (C=O) groups is 1. The summed E-state index contributed by atoms with van der Waals surface area (Å²) in [7, 11) is 0. The molecule has 2 nitrogen and oxygen atoms in total. The van der Waals surface area contributed by atoms with Crippen molar-refractivity contribution in [1.29, 1.82) is 0 Å². The minimum absolute atomic E-state index is 0.156. The van der Waals surface area contributed by atoms with E-state index in [0.29, 0.717) is 17.4 Å². The van der Waals surface area contributed by atoms with Gasteiger partial charge in [0.15, 0.2) is 0 Å². The molecule has 1 N–H and O–H groups in total. The third kappa shape index (κ3) is 2.31. The number of fused-ring (bicyclic) bond motifs is 1. The Morgan fingerprint density at radius 2 is 2.12 bits per heavy atom. The average Bonchev–Trinajstić information content (AvgIpc) is 2.28. The first kappa shape index (κ1) is 12.4. The summed E-state index contributed by atoms with van der Waals surface area (Å²) >= 11 is 0. The van der Waals surface area contributed by atoms with Crippen LogP contribution in [0.15, 0.2) is 23.8 Å². The molecule has 94 valence electrons. The molecule has 0 spiro atoms. The van der Waals surface area contributed by atoms with Crippen LogP contribution in [0.5, 0.6) is 0 Å². The molecule has 2 rings (SSSR count). The van der Waals surface area contributed by atoms with E-state index >= 15 is 0 Å². The Hall–Kier alpha value is -1.05. The van der Waals surface area contributed by atoms with E-state index in [2.05, 4.69) is 26.5 Å². The minimum atomic E-state index is -0.820. The smallest absolute Gasteiger partial charge is 0.331 e. The molecule has 0 aromatic carbocycles. The Kier molecular flexibility index (Phi) is 3.41. The molecule has 17 heavy (non-hydrogen) atoms. The lowest BCUT2D eigenvalue weighted by atomic mass is 9.61. The van der Waals surface area contributed by atoms with E-state index in [-0.39, 0.29) is 5.92 Å². The largest absolute Gasteiger partial charge is 0.478 e. The summed E-state index contributed by atoms with van der Waals surface area (Å²) in [5.41, 5.74) is 1.83. The van der Waals surface area contributed by atoms with Crippen molar-refractivity contribution in [3.8, 4) is 0 Å². The van der Waals surface area contributed by atoms with Gasteiger partial charge in [0, 0.05) is 5.57 Å². The van der Waals surface area contributed by atoms with Gasteiger partial charge in [0.2, 0.25) is 0 Å². The van der Waals surface area contributed by atoms with Crippen molar-refractivity contribution in [1.82, 2.24) is 0 Å². The number of hydrogen-bond acceptors (Lipinski definition) is 1. The standard InChI is InChI=1S/C15H22O2/c1-9-4-6-12-10(2)5-7-13(14(12)8-9)11(3)15(16)17/h8,10,12-14H,3-7H2,1-2H3,(H,16,17)/t10-,12?,13?,14?/m1/s1. The first-order chi connectivity index (χ1) is 8.00. The molecule has 0 aromatic rings. The van der Waals surface area contributed by atoms with E-state index in [9.17, 15) is 4.79 Å². The summed E-state index contributed by atoms with van der Waals surface area (Å²) in [6.45, 7) is 8.26. The van der Waals surface area contributed by atoms with Gasteiger partial charge in [-0.3, -0.25) is 0 Å². The third-order valence-corrected chi connectivity index (χ3v) is 4.69. The number of hydrogen-bond donors (Lipinski definition) is 1. The fourth-order valence-electron chi connectivity index (χ4n) is 3.61. The highest BCUT2D eigenvalue weighted by Crippen LogP contribution is 2.47. The molecule has 0 bridgehead atoms. The van der Waals surface area contributed by atoms with Gasteiger partial charge in [0.1, 0.15) is 0 Å². The third-order valence-electron chi connectivity index (χ3n) is 4.69. The van der Waals surface area contributed by atoms with Gasteiger partial charge in [-0.15, -0.1) is 0 Å². The number of rotatable bonds is 2. The van der Waals surface area contributed by atoms with Crippen LogP contribution in [0, 0.1) is 23.7 Å². The molecule has 2 aliphatic carbocycles. The Balaban J connectivity index is 2.26. The van der Waals surface area contributed by atoms with E-state index in [4.69, 9.17) is 5.11 Å². The summed E-state index contributed by atoms with van der Waals surface area (Å²) in [4.78, 5) is 11.1. The molecule has 3 unspecified atom stereocenters. The van der Waals surface area contributed by atoms with Crippen LogP contribution in [0.4, 0.5) is 0 Å². The lowest BCUT2D eigenvalue weighted by molar-refractivity contribution is -0.133. The molecule has 0 radical (unpaired) electrons. The highest BCUT2D eigenvalue weighted by molar-refractivity contribution is 5.86. The fourth-order valence-corrected chi connectivity index (χ4v) is 3.61. The zero-order valence-corrected chi connectivity index (χ0v) is 10.8. The van der Waals surface area contributed by atoms with Crippen molar-refractivity contribution in [2.24, 2.45) is 23.7 Å². The fraction of sp³-hybridized carbons (Fsp3) is 0.667. The van der Waals surface area contributed by atoms with Crippen molar-refractivity contribution >= 4 is 5.97 Å². The topological polar surface area (TPSA) is 37.3 Å². The monoisotopic (exact) mass is 234 g/mol. The van der Waals surface area contributed by atoms with Crippen molar-refractivity contribution in [3.63, 3.8) is 0 Å². The lowest BCUT2D eigenvalue weighted by Gasteiger charge is -2.43. The number of carboxylic acids is 1. The van der Waals surface area contributed by atoms with Crippen LogP contribution in [0.25, 0.3) is 0 Å². The maximum atomic E-state index is 11.1. The number of aliphatic carboxylic acids is 1. The Labute approximate surface area is 103 Å². The van der Waals surface area contributed by atoms with Crippen molar-refractivity contribution < 1.29 is 9.90 Å². The second kappa shape index (κ2) is 4.67. The molecule has 0 heterocycles. The molecule has 1 fully saturated rings. The van der Waals surface area contributed by atoms with Gasteiger partial charge in [-0.25, -0.2) is 4.79 Å². The molecule has 2 heteroatoms. The second-order valence-electron chi connectivity index (χ2n) is 5.78. The Morgan fingerprint density at radius 1 is 1.41 bits per heavy atom. The predicted octanol–water partition coefficient (Wildman–Crippen LogP) is 3.65. The van der Waals surface area contributed by atoms with Gasteiger partial charge in [0.05, 0.1) is 0 Å². The van der Waals surface area contributed by atoms with E-state index < -0.39 is 5.97 Å². The van der Waals surface area contributed by atoms with Gasteiger partial charge in [-0.2, -0.15) is 0 Å². The maximum Gasteiger partial charge on any atom is 0.331 e. The number of allylic oxidation sites excluding steroid dienone is 2. The van der Waals surface area contributed by atoms with Crippen molar-refractivity contribution in [2.45, 2.75) is 39.5 Å². The molecule has 1 saturated carbocycles. The summed E-state index contributed by atoms with van der Waals surface area (Å²) in [6.07, 6.45) is 6.85. The lowest BCUT2D eigenvalue weighted by Crippen LogP contribution is -2.36. The highest BCUT2D eigenvalue weighted by Gasteiger charge is 2.39. The number of carboxylic acid groups (broad SMARTS) is 1. The zero-order valence-electron chi connectivity index (χ0n) is 10.8. The van der Waals surface area contributed by atoms with Crippen LogP contribution in [-0.4, -0.2) is 11.1 Å². The average molecular weight is 234 g/mol. The molecule has 2 aliphatic rings. The van der Waals surface area contributed by atoms with Crippen LogP contribution >= 0.6 is 0 Å². The van der Waals surface area contributed by atoms with Gasteiger partial charge in [0.25, 0.3) is 0 Å². The van der Waals surface area contributed by atoms with Crippen molar-refractivity contribution in [3.05, 3.63) is 23.8 Å². The van der Waals surface area contributed by atoms with Crippen LogP contribution in [0.2, 0.25) is 0 Å². The van der Waals surface area contributed by atoms with Gasteiger partial charge in [-0.05, 0) is 56.3 Å². The van der Waals surface area contributed by atoms with Crippen LogP contribution < -0.4 is 0 Å². The van der Waals surface area contributed by atoms with Crippen LogP contribution in [0.3, 0.4) is 0 Å². The second-order valence-corrected chi connectivity index (χ2v) is 5.78. The van der Waals surface area contributed by atoms with Gasteiger partial charge in [-0.1, -0.05) is 25.2 Å². The van der Waals surface area contributed by atoms with Gasteiger partial charge >= 0.3 is 5.97 Å². The molecular weight excluding hydrogens is 212 g/mol. The predicted molar refractivity (Wildman–Crippen MR) is 68.6 cm³/mol. The highest BCUT2D eigenvalue weighted by atomic mass is 16.4. The zero-order chi connectivity index (χ0) is 12.6. The minimum Gasteiger partial charge on any atom is -0.478 e. The van der Waals surface area contributed by atoms with Crippen molar-refractivity contribution in [2.75, 3.05) is 0 Å². The molecule has 0 amide bonds. The summed E-state index contributed by atoms with van der Waals surface area (Å²) in [6, 6.07) is 0. The van der Waals surface area contributed by atoms with Gasteiger partial charge < -0.3 is 5.11 Å². The quantitative estimate of drug-likeness (QED) is 0.585. The van der Waals surface area contributed by atoms with Crippen LogP contribution in [-0.2, 0) is 4.79 Å². The summed E-state index contributed by atoms with van der Waals surface area (Å²) < 4.78 is 0. The van der Waals surface area contributed by atoms with Crippen LogP contribution in [0.1, 0.15) is 39.5 Å². The summed E-state index contributed by atoms with van der Waals surface area (Å²) in [5, 5.41) is 9.14. The SMILES string of the molecule is C=C(C(=O)O)C1CC[C@@H](C)C2CCC(C)=CC12. The normalized spacial score (nSPS) is 36.9. The molecule has 4 atom stereocenters. The van der Waals surface area contributed by atoms with E-state index in [1.807, 2.05) is 0 Å². The summed E-state index contributed by atoms with van der Waals surface area (Å²) in [5.74, 6) is 1.13. The molecular formula is C15H22O2. The Bertz CT molecular complexity index is 367. The molecule has 0 saturated heterocycles. The van der Waals surface area contributed by atoms with E-state index in [1.54, 1.807) is 0 Å². The van der Waals surface area contributed by atoms with E-state index in [0.717, 1.165) is 18.8 Å². The maximum absolute atomic E-state index is 11.1. The van der Waals surface area contributed by atoms with E-state index in [1.165, 1.54) is 18.4 Å². The first-order valence-corrected chi connectivity index (χ1v) is 6.60. The molecule has 0 aliphatic heterocycles.